The molecule has 7 heteroatoms. The van der Waals surface area contributed by atoms with Crippen LogP contribution in [0.2, 0.25) is 0 Å². The van der Waals surface area contributed by atoms with E-state index in [4.69, 9.17) is 0 Å². The van der Waals surface area contributed by atoms with Crippen LogP contribution in [0.3, 0.4) is 0 Å². The molecule has 0 spiro atoms. The summed E-state index contributed by atoms with van der Waals surface area (Å²) in [6, 6.07) is 15.0. The molecule has 1 aliphatic carbocycles. The maximum Gasteiger partial charge on any atom is 0.269 e. The first-order chi connectivity index (χ1) is 12.4. The van der Waals surface area contributed by atoms with Crippen molar-refractivity contribution in [1.29, 1.82) is 0 Å². The molecule has 2 fully saturated rings. The Balaban J connectivity index is 1.78. The van der Waals surface area contributed by atoms with Crippen LogP contribution in [0.25, 0.3) is 0 Å². The van der Waals surface area contributed by atoms with Crippen molar-refractivity contribution in [3.05, 3.63) is 70.3 Å². The first-order valence-electron chi connectivity index (χ1n) is 8.76. The molecule has 1 heterocycles. The van der Waals surface area contributed by atoms with Gasteiger partial charge in [-0.2, -0.15) is 4.31 Å². The number of benzene rings is 2. The van der Waals surface area contributed by atoms with Gasteiger partial charge in [0.25, 0.3) is 5.69 Å². The zero-order valence-corrected chi connectivity index (χ0v) is 15.1. The lowest BCUT2D eigenvalue weighted by atomic mass is 9.76. The van der Waals surface area contributed by atoms with Crippen molar-refractivity contribution in [3.63, 3.8) is 0 Å². The van der Waals surface area contributed by atoms with Crippen LogP contribution < -0.4 is 0 Å². The van der Waals surface area contributed by atoms with Crippen molar-refractivity contribution in [2.24, 2.45) is 5.92 Å². The lowest BCUT2D eigenvalue weighted by molar-refractivity contribution is -0.384. The first-order valence-corrected chi connectivity index (χ1v) is 10.2. The molecule has 2 aromatic carbocycles. The molecule has 0 N–H and O–H groups in total. The average Bonchev–Trinajstić information content (AvgIpc) is 2.94. The molecule has 6 nitrogen and oxygen atoms in total. The maximum absolute atomic E-state index is 13.4. The monoisotopic (exact) mass is 372 g/mol. The van der Waals surface area contributed by atoms with Gasteiger partial charge < -0.3 is 0 Å². The summed E-state index contributed by atoms with van der Waals surface area (Å²) in [7, 11) is -3.73. The third kappa shape index (κ3) is 2.62. The van der Waals surface area contributed by atoms with Crippen molar-refractivity contribution in [2.75, 3.05) is 6.54 Å². The van der Waals surface area contributed by atoms with Crippen LogP contribution in [-0.4, -0.2) is 24.2 Å². The molecule has 4 rings (SSSR count). The number of rotatable bonds is 4. The second-order valence-electron chi connectivity index (χ2n) is 7.15. The van der Waals surface area contributed by atoms with E-state index >= 15 is 0 Å². The largest absolute Gasteiger partial charge is 0.269 e. The Morgan fingerprint density at radius 1 is 1.08 bits per heavy atom. The lowest BCUT2D eigenvalue weighted by Gasteiger charge is -2.39. The molecule has 0 aromatic heterocycles. The third-order valence-corrected chi connectivity index (χ3v) is 7.62. The highest BCUT2D eigenvalue weighted by molar-refractivity contribution is 7.89. The molecular weight excluding hydrogens is 352 g/mol. The van der Waals surface area contributed by atoms with Gasteiger partial charge in [0.1, 0.15) is 0 Å². The van der Waals surface area contributed by atoms with Gasteiger partial charge in [-0.25, -0.2) is 8.42 Å². The van der Waals surface area contributed by atoms with Gasteiger partial charge >= 0.3 is 0 Å². The zero-order chi connectivity index (χ0) is 18.4. The maximum atomic E-state index is 13.4. The van der Waals surface area contributed by atoms with Crippen molar-refractivity contribution < 1.29 is 13.3 Å². The SMILES string of the molecule is O=[N+]([O-])c1ccc(S(=O)(=O)N2C[C@@H]3CCC[C@@]2(c2ccccc2)C3)cc1. The van der Waals surface area contributed by atoms with Crippen molar-refractivity contribution in [1.82, 2.24) is 4.31 Å². The summed E-state index contributed by atoms with van der Waals surface area (Å²) in [5.41, 5.74) is 0.416. The normalized spacial score (nSPS) is 25.9. The van der Waals surface area contributed by atoms with E-state index in [9.17, 15) is 18.5 Å². The van der Waals surface area contributed by atoms with E-state index in [1.165, 1.54) is 24.3 Å². The summed E-state index contributed by atoms with van der Waals surface area (Å²) >= 11 is 0. The van der Waals surface area contributed by atoms with E-state index in [-0.39, 0.29) is 10.6 Å². The van der Waals surface area contributed by atoms with Gasteiger partial charge in [-0.05, 0) is 42.9 Å². The molecule has 1 saturated carbocycles. The van der Waals surface area contributed by atoms with E-state index in [1.807, 2.05) is 30.3 Å². The van der Waals surface area contributed by atoms with Gasteiger partial charge in [0.15, 0.2) is 0 Å². The zero-order valence-electron chi connectivity index (χ0n) is 14.2. The summed E-state index contributed by atoms with van der Waals surface area (Å²) in [5, 5.41) is 10.8. The number of fused-ring (bicyclic) bond motifs is 2. The highest BCUT2D eigenvalue weighted by Gasteiger charge is 2.53. The predicted molar refractivity (Wildman–Crippen MR) is 97.1 cm³/mol. The quantitative estimate of drug-likeness (QED) is 0.605. The highest BCUT2D eigenvalue weighted by atomic mass is 32.2. The van der Waals surface area contributed by atoms with Crippen molar-refractivity contribution >= 4 is 15.7 Å². The molecule has 26 heavy (non-hydrogen) atoms. The topological polar surface area (TPSA) is 80.5 Å². The molecule has 1 saturated heterocycles. The van der Waals surface area contributed by atoms with Gasteiger partial charge in [-0.1, -0.05) is 36.8 Å². The Bertz CT molecular complexity index is 928. The Morgan fingerprint density at radius 3 is 2.42 bits per heavy atom. The van der Waals surface area contributed by atoms with Crippen LogP contribution in [0.15, 0.2) is 59.5 Å². The molecular formula is C19H20N2O4S. The number of sulfonamides is 1. The molecule has 2 atom stereocenters. The molecule has 2 aliphatic rings. The summed E-state index contributed by atoms with van der Waals surface area (Å²) in [5.74, 6) is 0.358. The van der Waals surface area contributed by atoms with E-state index < -0.39 is 20.5 Å². The molecule has 0 radical (unpaired) electrons. The fraction of sp³-hybridized carbons (Fsp3) is 0.368. The minimum Gasteiger partial charge on any atom is -0.258 e. The van der Waals surface area contributed by atoms with E-state index in [1.54, 1.807) is 4.31 Å². The van der Waals surface area contributed by atoms with Gasteiger partial charge in [0, 0.05) is 18.7 Å². The van der Waals surface area contributed by atoms with Crippen LogP contribution in [-0.2, 0) is 15.6 Å². The van der Waals surface area contributed by atoms with Crippen molar-refractivity contribution in [3.8, 4) is 0 Å². The highest BCUT2D eigenvalue weighted by Crippen LogP contribution is 2.52. The van der Waals surface area contributed by atoms with Gasteiger partial charge in [-0.15, -0.1) is 0 Å². The van der Waals surface area contributed by atoms with E-state index in [2.05, 4.69) is 0 Å². The second-order valence-corrected chi connectivity index (χ2v) is 9.01. The minimum atomic E-state index is -3.73. The summed E-state index contributed by atoms with van der Waals surface area (Å²) in [6.07, 6.45) is 3.69. The molecule has 2 aromatic rings. The molecule has 1 aliphatic heterocycles. The number of hydrogen-bond donors (Lipinski definition) is 0. The van der Waals surface area contributed by atoms with Crippen LogP contribution >= 0.6 is 0 Å². The van der Waals surface area contributed by atoms with Gasteiger partial charge in [0.05, 0.1) is 15.4 Å². The molecule has 0 amide bonds. The minimum absolute atomic E-state index is 0.109. The molecule has 0 unspecified atom stereocenters. The number of non-ortho nitro benzene ring substituents is 1. The smallest absolute Gasteiger partial charge is 0.258 e. The predicted octanol–water partition coefficient (Wildman–Crippen LogP) is 3.68. The van der Waals surface area contributed by atoms with Crippen molar-refractivity contribution in [2.45, 2.75) is 36.1 Å². The molecule has 2 bridgehead atoms. The third-order valence-electron chi connectivity index (χ3n) is 5.68. The summed E-state index contributed by atoms with van der Waals surface area (Å²) in [4.78, 5) is 10.4. The Hall–Kier alpha value is -2.25. The number of nitro benzene ring substituents is 1. The van der Waals surface area contributed by atoms with E-state index in [0.717, 1.165) is 31.2 Å². The Labute approximate surface area is 152 Å². The number of hydrogen-bond acceptors (Lipinski definition) is 4. The summed E-state index contributed by atoms with van der Waals surface area (Å²) < 4.78 is 28.4. The fourth-order valence-corrected chi connectivity index (χ4v) is 6.38. The second kappa shape index (κ2) is 6.17. The Morgan fingerprint density at radius 2 is 1.77 bits per heavy atom. The lowest BCUT2D eigenvalue weighted by Crippen LogP contribution is -2.44. The standard InChI is InChI=1S/C19H20N2O4S/c22-21(23)17-8-10-18(11-9-17)26(24,25)20-14-15-5-4-12-19(20,13-15)16-6-2-1-3-7-16/h1-3,6-11,15H,4-5,12-14H2/t15-,19+/m1/s1. The number of nitrogens with zero attached hydrogens (tertiary/aromatic N) is 2. The number of nitro groups is 1. The van der Waals surface area contributed by atoms with Crippen LogP contribution in [0, 0.1) is 16.0 Å². The van der Waals surface area contributed by atoms with Gasteiger partial charge in [0.2, 0.25) is 10.0 Å². The average molecular weight is 372 g/mol. The molecule has 136 valence electrons. The first kappa shape index (κ1) is 17.2. The Kier molecular flexibility index (Phi) is 4.08. The van der Waals surface area contributed by atoms with E-state index in [0.29, 0.717) is 12.5 Å². The van der Waals surface area contributed by atoms with Crippen LogP contribution in [0.1, 0.15) is 31.2 Å². The van der Waals surface area contributed by atoms with Crippen LogP contribution in [0.4, 0.5) is 5.69 Å². The van der Waals surface area contributed by atoms with Crippen LogP contribution in [0.5, 0.6) is 0 Å². The summed E-state index contributed by atoms with van der Waals surface area (Å²) in [6.45, 7) is 0.508. The van der Waals surface area contributed by atoms with Gasteiger partial charge in [-0.3, -0.25) is 10.1 Å². The fourth-order valence-electron chi connectivity index (χ4n) is 4.51.